The highest BCUT2D eigenvalue weighted by Gasteiger charge is 2.18. The van der Waals surface area contributed by atoms with Crippen LogP contribution in [0.25, 0.3) is 54.3 Å². The molecule has 24 heavy (non-hydrogen) atoms. The molecule has 0 amide bonds. The molecule has 0 saturated heterocycles. The second-order valence-corrected chi connectivity index (χ2v) is 6.32. The van der Waals surface area contributed by atoms with Gasteiger partial charge in [0, 0.05) is 16.2 Å². The van der Waals surface area contributed by atoms with Gasteiger partial charge in [0.2, 0.25) is 0 Å². The molecule has 0 aliphatic heterocycles. The van der Waals surface area contributed by atoms with E-state index in [2.05, 4.69) is 18.2 Å². The van der Waals surface area contributed by atoms with Crippen molar-refractivity contribution in [3.63, 3.8) is 0 Å². The van der Waals surface area contributed by atoms with Crippen molar-refractivity contribution >= 4 is 54.3 Å². The fourth-order valence-electron chi connectivity index (χ4n) is 4.16. The van der Waals surface area contributed by atoms with Gasteiger partial charge in [-0.05, 0) is 45.1 Å². The van der Waals surface area contributed by atoms with Crippen LogP contribution in [0, 0.1) is 0 Å². The van der Waals surface area contributed by atoms with Crippen molar-refractivity contribution in [3.05, 3.63) is 66.7 Å². The van der Waals surface area contributed by atoms with E-state index in [0.717, 1.165) is 38.1 Å². The van der Waals surface area contributed by atoms with E-state index in [4.69, 9.17) is 4.42 Å². The van der Waals surface area contributed by atoms with E-state index < -0.39 is 0 Å². The van der Waals surface area contributed by atoms with Crippen LogP contribution < -0.4 is 0 Å². The minimum atomic E-state index is 0.320. The SMILES string of the molecule is Oc1cc2c3cccc4oc5cccc(c2c2ccccc12)c5c43. The lowest BCUT2D eigenvalue weighted by molar-refractivity contribution is 0.482. The number of fused-ring (bicyclic) bond motifs is 5. The summed E-state index contributed by atoms with van der Waals surface area (Å²) >= 11 is 0. The van der Waals surface area contributed by atoms with Crippen molar-refractivity contribution in [2.75, 3.05) is 0 Å². The first kappa shape index (κ1) is 12.2. The summed E-state index contributed by atoms with van der Waals surface area (Å²) in [5, 5.41) is 19.4. The first-order chi connectivity index (χ1) is 11.8. The summed E-state index contributed by atoms with van der Waals surface area (Å²) < 4.78 is 6.07. The molecule has 0 fully saturated rings. The predicted molar refractivity (Wildman–Crippen MR) is 99.1 cm³/mol. The molecule has 0 bridgehead atoms. The zero-order valence-electron chi connectivity index (χ0n) is 12.7. The van der Waals surface area contributed by atoms with E-state index in [9.17, 15) is 5.11 Å². The summed E-state index contributed by atoms with van der Waals surface area (Å²) in [5.41, 5.74) is 1.81. The Morgan fingerprint density at radius 1 is 0.542 bits per heavy atom. The molecule has 0 aliphatic carbocycles. The molecule has 112 valence electrons. The van der Waals surface area contributed by atoms with Crippen LogP contribution in [0.2, 0.25) is 0 Å². The minimum absolute atomic E-state index is 0.320. The normalized spacial score (nSPS) is 12.3. The number of benzene rings is 5. The smallest absolute Gasteiger partial charge is 0.136 e. The summed E-state index contributed by atoms with van der Waals surface area (Å²) in [4.78, 5) is 0. The molecule has 0 saturated carbocycles. The highest BCUT2D eigenvalue weighted by Crippen LogP contribution is 2.45. The largest absolute Gasteiger partial charge is 0.507 e. The Labute approximate surface area is 136 Å². The average Bonchev–Trinajstić information content (AvgIpc) is 3.00. The van der Waals surface area contributed by atoms with E-state index in [-0.39, 0.29) is 0 Å². The number of hydrogen-bond donors (Lipinski definition) is 1. The van der Waals surface area contributed by atoms with Crippen LogP contribution in [0.4, 0.5) is 0 Å². The lowest BCUT2D eigenvalue weighted by Gasteiger charge is -2.12. The molecule has 1 heterocycles. The van der Waals surface area contributed by atoms with Gasteiger partial charge in [0.05, 0.1) is 0 Å². The van der Waals surface area contributed by atoms with Crippen molar-refractivity contribution in [1.82, 2.24) is 0 Å². The van der Waals surface area contributed by atoms with Gasteiger partial charge in [-0.25, -0.2) is 0 Å². The molecule has 1 aromatic heterocycles. The molecule has 0 aliphatic rings. The number of aromatic hydroxyl groups is 1. The molecule has 0 unspecified atom stereocenters. The van der Waals surface area contributed by atoms with Crippen LogP contribution in [-0.2, 0) is 0 Å². The van der Waals surface area contributed by atoms with Crippen LogP contribution >= 0.6 is 0 Å². The second-order valence-electron chi connectivity index (χ2n) is 6.32. The predicted octanol–water partition coefficient (Wildman–Crippen LogP) is 6.19. The number of phenols is 1. The van der Waals surface area contributed by atoms with Crippen molar-refractivity contribution in [2.24, 2.45) is 0 Å². The number of phenolic OH excluding ortho intramolecular Hbond substituents is 1. The summed E-state index contributed by atoms with van der Waals surface area (Å²) in [6.45, 7) is 0. The number of rotatable bonds is 0. The maximum absolute atomic E-state index is 10.6. The number of hydrogen-bond acceptors (Lipinski definition) is 2. The van der Waals surface area contributed by atoms with Gasteiger partial charge >= 0.3 is 0 Å². The molecule has 1 N–H and O–H groups in total. The van der Waals surface area contributed by atoms with Crippen molar-refractivity contribution in [1.29, 1.82) is 0 Å². The van der Waals surface area contributed by atoms with E-state index in [1.54, 1.807) is 0 Å². The third-order valence-corrected chi connectivity index (χ3v) is 5.10. The van der Waals surface area contributed by atoms with Crippen LogP contribution in [0.3, 0.4) is 0 Å². The molecule has 0 radical (unpaired) electrons. The zero-order valence-corrected chi connectivity index (χ0v) is 12.7. The summed E-state index contributed by atoms with van der Waals surface area (Å²) in [7, 11) is 0. The van der Waals surface area contributed by atoms with E-state index >= 15 is 0 Å². The van der Waals surface area contributed by atoms with Crippen LogP contribution in [0.15, 0.2) is 71.1 Å². The molecule has 5 aromatic carbocycles. The lowest BCUT2D eigenvalue weighted by atomic mass is 9.91. The van der Waals surface area contributed by atoms with E-state index in [0.29, 0.717) is 5.75 Å². The van der Waals surface area contributed by atoms with Gasteiger partial charge < -0.3 is 9.52 Å². The van der Waals surface area contributed by atoms with Crippen LogP contribution in [-0.4, -0.2) is 5.11 Å². The highest BCUT2D eigenvalue weighted by atomic mass is 16.3. The maximum Gasteiger partial charge on any atom is 0.136 e. The monoisotopic (exact) mass is 308 g/mol. The van der Waals surface area contributed by atoms with E-state index in [1.165, 1.54) is 16.2 Å². The molecular formula is C22H12O2. The minimum Gasteiger partial charge on any atom is -0.507 e. The molecule has 0 spiro atoms. The maximum atomic E-state index is 10.6. The Morgan fingerprint density at radius 2 is 1.12 bits per heavy atom. The van der Waals surface area contributed by atoms with Gasteiger partial charge in [-0.3, -0.25) is 0 Å². The summed E-state index contributed by atoms with van der Waals surface area (Å²) in [6.07, 6.45) is 0. The molecule has 6 rings (SSSR count). The Bertz CT molecular complexity index is 1410. The highest BCUT2D eigenvalue weighted by molar-refractivity contribution is 6.37. The quantitative estimate of drug-likeness (QED) is 0.339. The van der Waals surface area contributed by atoms with Crippen molar-refractivity contribution < 1.29 is 9.52 Å². The summed E-state index contributed by atoms with van der Waals surface area (Å²) in [5.74, 6) is 0.320. The first-order valence-corrected chi connectivity index (χ1v) is 8.02. The molecule has 6 aromatic rings. The third-order valence-electron chi connectivity index (χ3n) is 5.10. The van der Waals surface area contributed by atoms with Crippen LogP contribution in [0.1, 0.15) is 0 Å². The lowest BCUT2D eigenvalue weighted by Crippen LogP contribution is -1.84. The standard InChI is InChI=1S/C22H12O2/c23-17-11-16-14-7-3-9-18-21(14)22-15(8-4-10-19(22)24-18)20(16)13-6-2-1-5-12(13)17/h1-11,23H. The second kappa shape index (κ2) is 3.98. The molecule has 0 atom stereocenters. The van der Waals surface area contributed by atoms with Gasteiger partial charge in [0.15, 0.2) is 0 Å². The molecular weight excluding hydrogens is 296 g/mol. The molecule has 2 heteroatoms. The Morgan fingerprint density at radius 3 is 1.92 bits per heavy atom. The number of furan rings is 1. The topological polar surface area (TPSA) is 33.4 Å². The molecule has 2 nitrogen and oxygen atoms in total. The van der Waals surface area contributed by atoms with Gasteiger partial charge in [0.25, 0.3) is 0 Å². The van der Waals surface area contributed by atoms with Crippen molar-refractivity contribution in [3.8, 4) is 5.75 Å². The summed E-state index contributed by atoms with van der Waals surface area (Å²) in [6, 6.07) is 22.3. The van der Waals surface area contributed by atoms with Gasteiger partial charge in [-0.15, -0.1) is 0 Å². The Kier molecular flexibility index (Phi) is 2.02. The Hall–Kier alpha value is -3.26. The fourth-order valence-corrected chi connectivity index (χ4v) is 4.16. The van der Waals surface area contributed by atoms with Crippen LogP contribution in [0.5, 0.6) is 5.75 Å². The zero-order chi connectivity index (χ0) is 15.8. The van der Waals surface area contributed by atoms with Gasteiger partial charge in [-0.1, -0.05) is 48.5 Å². The van der Waals surface area contributed by atoms with Crippen molar-refractivity contribution in [2.45, 2.75) is 0 Å². The fraction of sp³-hybridized carbons (Fsp3) is 0. The van der Waals surface area contributed by atoms with Gasteiger partial charge in [-0.2, -0.15) is 0 Å². The first-order valence-electron chi connectivity index (χ1n) is 8.02. The van der Waals surface area contributed by atoms with Gasteiger partial charge in [0.1, 0.15) is 16.9 Å². The third kappa shape index (κ3) is 1.29. The van der Waals surface area contributed by atoms with E-state index in [1.807, 2.05) is 48.5 Å². The Balaban J connectivity index is 2.12. The average molecular weight is 308 g/mol.